The number of fused-ring (bicyclic) bond motifs is 3. The SMILES string of the molecule is O=C1CCCc2c1[nH]c1c(Br)ccc(Br)c21. The number of nitrogens with one attached hydrogen (secondary N) is 1. The Balaban J connectivity index is 2.45. The highest BCUT2D eigenvalue weighted by Crippen LogP contribution is 2.37. The lowest BCUT2D eigenvalue weighted by atomic mass is 9.95. The summed E-state index contributed by atoms with van der Waals surface area (Å²) in [5.41, 5.74) is 2.99. The smallest absolute Gasteiger partial charge is 0.179 e. The molecule has 82 valence electrons. The van der Waals surface area contributed by atoms with Gasteiger partial charge in [0.15, 0.2) is 5.78 Å². The second-order valence-corrected chi connectivity index (χ2v) is 5.74. The molecule has 16 heavy (non-hydrogen) atoms. The van der Waals surface area contributed by atoms with Crippen LogP contribution in [-0.4, -0.2) is 10.8 Å². The van der Waals surface area contributed by atoms with Crippen molar-refractivity contribution in [3.63, 3.8) is 0 Å². The zero-order valence-corrected chi connectivity index (χ0v) is 11.6. The van der Waals surface area contributed by atoms with Gasteiger partial charge in [-0.15, -0.1) is 0 Å². The van der Waals surface area contributed by atoms with Gasteiger partial charge in [0, 0.05) is 20.8 Å². The van der Waals surface area contributed by atoms with Crippen molar-refractivity contribution in [2.75, 3.05) is 0 Å². The molecule has 1 aromatic carbocycles. The molecule has 4 heteroatoms. The lowest BCUT2D eigenvalue weighted by Gasteiger charge is -2.09. The Morgan fingerprint density at radius 3 is 2.69 bits per heavy atom. The van der Waals surface area contributed by atoms with Crippen LogP contribution in [0.3, 0.4) is 0 Å². The molecule has 0 unspecified atom stereocenters. The lowest BCUT2D eigenvalue weighted by molar-refractivity contribution is 0.0968. The quantitative estimate of drug-likeness (QED) is 0.764. The molecule has 0 saturated heterocycles. The molecule has 1 aliphatic carbocycles. The van der Waals surface area contributed by atoms with Gasteiger partial charge in [-0.3, -0.25) is 4.79 Å². The van der Waals surface area contributed by atoms with E-state index in [1.165, 1.54) is 5.56 Å². The summed E-state index contributed by atoms with van der Waals surface area (Å²) in [4.78, 5) is 15.1. The number of benzene rings is 1. The van der Waals surface area contributed by atoms with Gasteiger partial charge >= 0.3 is 0 Å². The van der Waals surface area contributed by atoms with Crippen LogP contribution in [0.5, 0.6) is 0 Å². The highest BCUT2D eigenvalue weighted by atomic mass is 79.9. The number of ketones is 1. The molecule has 1 aliphatic rings. The summed E-state index contributed by atoms with van der Waals surface area (Å²) in [5.74, 6) is 0.233. The van der Waals surface area contributed by atoms with Crippen molar-refractivity contribution in [2.45, 2.75) is 19.3 Å². The van der Waals surface area contributed by atoms with E-state index in [1.54, 1.807) is 0 Å². The second kappa shape index (κ2) is 3.70. The van der Waals surface area contributed by atoms with E-state index in [1.807, 2.05) is 12.1 Å². The lowest BCUT2D eigenvalue weighted by Crippen LogP contribution is -2.09. The van der Waals surface area contributed by atoms with Crippen molar-refractivity contribution in [3.8, 4) is 0 Å². The van der Waals surface area contributed by atoms with E-state index >= 15 is 0 Å². The van der Waals surface area contributed by atoms with Gasteiger partial charge in [-0.2, -0.15) is 0 Å². The highest BCUT2D eigenvalue weighted by Gasteiger charge is 2.23. The molecule has 0 spiro atoms. The van der Waals surface area contributed by atoms with E-state index in [9.17, 15) is 4.79 Å². The zero-order valence-electron chi connectivity index (χ0n) is 8.44. The number of hydrogen-bond acceptors (Lipinski definition) is 1. The number of hydrogen-bond donors (Lipinski definition) is 1. The van der Waals surface area contributed by atoms with Gasteiger partial charge in [0.1, 0.15) is 0 Å². The molecular weight excluding hydrogens is 334 g/mol. The standard InChI is InChI=1S/C12H9Br2NO/c13-7-4-5-8(14)12-10(7)6-2-1-3-9(16)11(6)15-12/h4-5,15H,1-3H2. The topological polar surface area (TPSA) is 32.9 Å². The van der Waals surface area contributed by atoms with Crippen molar-refractivity contribution < 1.29 is 4.79 Å². The minimum atomic E-state index is 0.233. The Bertz CT molecular complexity index is 601. The van der Waals surface area contributed by atoms with Crippen LogP contribution in [-0.2, 0) is 6.42 Å². The van der Waals surface area contributed by atoms with Gasteiger partial charge in [0.05, 0.1) is 11.2 Å². The minimum absolute atomic E-state index is 0.233. The first-order valence-corrected chi connectivity index (χ1v) is 6.79. The fourth-order valence-corrected chi connectivity index (χ4v) is 3.33. The Kier molecular flexibility index (Phi) is 2.44. The van der Waals surface area contributed by atoms with Crippen LogP contribution in [0.15, 0.2) is 21.1 Å². The summed E-state index contributed by atoms with van der Waals surface area (Å²) >= 11 is 7.07. The van der Waals surface area contributed by atoms with E-state index in [2.05, 4.69) is 36.8 Å². The Labute approximate surface area is 110 Å². The number of rotatable bonds is 0. The van der Waals surface area contributed by atoms with Gasteiger partial charge in [-0.1, -0.05) is 15.9 Å². The predicted octanol–water partition coefficient (Wildman–Crippen LogP) is 4.21. The monoisotopic (exact) mass is 341 g/mol. The molecule has 0 amide bonds. The van der Waals surface area contributed by atoms with Crippen molar-refractivity contribution in [1.29, 1.82) is 0 Å². The summed E-state index contributed by atoms with van der Waals surface area (Å²) < 4.78 is 2.06. The van der Waals surface area contributed by atoms with Crippen molar-refractivity contribution in [1.82, 2.24) is 4.98 Å². The number of carbonyl (C=O) groups excluding carboxylic acids is 1. The number of Topliss-reactive ketones (excluding diaryl/α,β-unsaturated/α-hetero) is 1. The van der Waals surface area contributed by atoms with E-state index in [0.29, 0.717) is 6.42 Å². The number of aryl methyl sites for hydroxylation is 1. The van der Waals surface area contributed by atoms with Gasteiger partial charge in [-0.05, 0) is 46.5 Å². The molecule has 1 aromatic heterocycles. The highest BCUT2D eigenvalue weighted by molar-refractivity contribution is 9.11. The number of aromatic nitrogens is 1. The molecule has 0 fully saturated rings. The fourth-order valence-electron chi connectivity index (χ4n) is 2.33. The molecule has 0 radical (unpaired) electrons. The molecular formula is C12H9Br2NO. The second-order valence-electron chi connectivity index (χ2n) is 4.03. The van der Waals surface area contributed by atoms with Crippen LogP contribution in [0, 0.1) is 0 Å². The number of H-pyrrole nitrogens is 1. The minimum Gasteiger partial charge on any atom is -0.351 e. The first-order chi connectivity index (χ1) is 7.68. The number of halogens is 2. The summed E-state index contributed by atoms with van der Waals surface area (Å²) in [6.07, 6.45) is 2.60. The van der Waals surface area contributed by atoms with Gasteiger partial charge < -0.3 is 4.98 Å². The summed E-state index contributed by atoms with van der Waals surface area (Å²) in [7, 11) is 0. The molecule has 2 aromatic rings. The van der Waals surface area contributed by atoms with Gasteiger partial charge in [0.25, 0.3) is 0 Å². The van der Waals surface area contributed by atoms with Crippen LogP contribution in [0.2, 0.25) is 0 Å². The van der Waals surface area contributed by atoms with Crippen LogP contribution in [0.4, 0.5) is 0 Å². The summed E-state index contributed by atoms with van der Waals surface area (Å²) in [6, 6.07) is 4.00. The average Bonchev–Trinajstić information content (AvgIpc) is 2.66. The van der Waals surface area contributed by atoms with Crippen LogP contribution < -0.4 is 0 Å². The molecule has 3 rings (SSSR count). The molecule has 0 saturated carbocycles. The molecule has 2 nitrogen and oxygen atoms in total. The normalized spacial score (nSPS) is 15.5. The average molecular weight is 343 g/mol. The maximum Gasteiger partial charge on any atom is 0.179 e. The number of carbonyl (C=O) groups is 1. The van der Waals surface area contributed by atoms with E-state index in [4.69, 9.17) is 0 Å². The van der Waals surface area contributed by atoms with Crippen LogP contribution in [0.1, 0.15) is 28.9 Å². The third-order valence-electron chi connectivity index (χ3n) is 3.07. The Morgan fingerprint density at radius 2 is 1.88 bits per heavy atom. The molecule has 0 atom stereocenters. The van der Waals surface area contributed by atoms with E-state index in [0.717, 1.165) is 38.4 Å². The third kappa shape index (κ3) is 1.39. The van der Waals surface area contributed by atoms with Crippen molar-refractivity contribution in [2.24, 2.45) is 0 Å². The molecule has 1 N–H and O–H groups in total. The predicted molar refractivity (Wildman–Crippen MR) is 71.0 cm³/mol. The third-order valence-corrected chi connectivity index (χ3v) is 4.39. The van der Waals surface area contributed by atoms with Crippen molar-refractivity contribution in [3.05, 3.63) is 32.3 Å². The largest absolute Gasteiger partial charge is 0.351 e. The molecule has 0 bridgehead atoms. The van der Waals surface area contributed by atoms with Gasteiger partial charge in [-0.25, -0.2) is 0 Å². The first-order valence-electron chi connectivity index (χ1n) is 5.20. The molecule has 0 aliphatic heterocycles. The maximum atomic E-state index is 11.8. The maximum absolute atomic E-state index is 11.8. The van der Waals surface area contributed by atoms with Crippen LogP contribution in [0.25, 0.3) is 10.9 Å². The van der Waals surface area contributed by atoms with Crippen molar-refractivity contribution >= 4 is 48.5 Å². The van der Waals surface area contributed by atoms with E-state index < -0.39 is 0 Å². The first kappa shape index (κ1) is 10.5. The Morgan fingerprint density at radius 1 is 1.12 bits per heavy atom. The van der Waals surface area contributed by atoms with Crippen LogP contribution >= 0.6 is 31.9 Å². The zero-order chi connectivity index (χ0) is 11.3. The summed E-state index contributed by atoms with van der Waals surface area (Å²) in [5, 5.41) is 1.15. The van der Waals surface area contributed by atoms with E-state index in [-0.39, 0.29) is 5.78 Å². The Hall–Kier alpha value is -0.610. The van der Waals surface area contributed by atoms with Gasteiger partial charge in [0.2, 0.25) is 0 Å². The fraction of sp³-hybridized carbons (Fsp3) is 0.250. The number of aromatic amines is 1. The molecule has 1 heterocycles. The summed E-state index contributed by atoms with van der Waals surface area (Å²) in [6.45, 7) is 0.